The summed E-state index contributed by atoms with van der Waals surface area (Å²) in [6.07, 6.45) is 0. The minimum Gasteiger partial charge on any atom is -0.325 e. The summed E-state index contributed by atoms with van der Waals surface area (Å²) in [7, 11) is 0. The van der Waals surface area contributed by atoms with Crippen molar-refractivity contribution in [2.45, 2.75) is 32.9 Å². The lowest BCUT2D eigenvalue weighted by molar-refractivity contribution is -0.125. The van der Waals surface area contributed by atoms with E-state index in [1.165, 1.54) is 6.92 Å². The molecule has 1 aromatic rings. The molecule has 0 saturated carbocycles. The van der Waals surface area contributed by atoms with Crippen LogP contribution in [-0.2, 0) is 9.59 Å². The highest BCUT2D eigenvalue weighted by atomic mass is 32.2. The number of Topliss-reactive ketones (excluding diaryl/α,β-unsaturated/α-hetero) is 1. The molecule has 144 valence electrons. The van der Waals surface area contributed by atoms with E-state index in [-0.39, 0.29) is 22.3 Å². The number of carbonyl (C=O) groups excluding carboxylic acids is 3. The molecule has 0 saturated heterocycles. The number of hydrogen-bond acceptors (Lipinski definition) is 6. The fourth-order valence-electron chi connectivity index (χ4n) is 2.80. The number of benzene rings is 1. The summed E-state index contributed by atoms with van der Waals surface area (Å²) in [4.78, 5) is 36.2. The van der Waals surface area contributed by atoms with Gasteiger partial charge in [0.25, 0.3) is 0 Å². The number of amides is 2. The van der Waals surface area contributed by atoms with Crippen molar-refractivity contribution < 1.29 is 14.4 Å². The van der Waals surface area contributed by atoms with Crippen LogP contribution in [0.2, 0.25) is 0 Å². The third kappa shape index (κ3) is 4.24. The summed E-state index contributed by atoms with van der Waals surface area (Å²) in [6.45, 7) is 6.41. The van der Waals surface area contributed by atoms with Crippen molar-refractivity contribution in [2.24, 2.45) is 11.3 Å². The SMILES string of the molecule is CC(=O)c1cccc(NC(=O)[C@H](C)SC2=C(C#N)C(C)(C)[C@@H](C#N)C(=O)N2)c1. The molecule has 0 aliphatic carbocycles. The molecule has 28 heavy (non-hydrogen) atoms. The highest BCUT2D eigenvalue weighted by molar-refractivity contribution is 8.04. The molecule has 2 atom stereocenters. The Bertz CT molecular complexity index is 953. The predicted molar refractivity (Wildman–Crippen MR) is 106 cm³/mol. The van der Waals surface area contributed by atoms with Crippen molar-refractivity contribution in [3.8, 4) is 12.1 Å². The van der Waals surface area contributed by atoms with Gasteiger partial charge in [0.2, 0.25) is 11.8 Å². The Morgan fingerprint density at radius 1 is 1.32 bits per heavy atom. The number of anilines is 1. The lowest BCUT2D eigenvalue weighted by Crippen LogP contribution is -2.45. The smallest absolute Gasteiger partial charge is 0.243 e. The Morgan fingerprint density at radius 2 is 2.00 bits per heavy atom. The summed E-state index contributed by atoms with van der Waals surface area (Å²) < 4.78 is 0. The maximum atomic E-state index is 12.5. The fourth-order valence-corrected chi connectivity index (χ4v) is 3.91. The zero-order valence-electron chi connectivity index (χ0n) is 16.0. The summed E-state index contributed by atoms with van der Waals surface area (Å²) in [5.74, 6) is -1.92. The van der Waals surface area contributed by atoms with Gasteiger partial charge < -0.3 is 10.6 Å². The first-order chi connectivity index (χ1) is 13.1. The molecule has 2 amide bonds. The van der Waals surface area contributed by atoms with E-state index in [9.17, 15) is 24.9 Å². The third-order valence-electron chi connectivity index (χ3n) is 4.53. The van der Waals surface area contributed by atoms with Crippen molar-refractivity contribution in [1.82, 2.24) is 5.32 Å². The van der Waals surface area contributed by atoms with Crippen LogP contribution in [0.15, 0.2) is 34.9 Å². The Morgan fingerprint density at radius 3 is 2.57 bits per heavy atom. The van der Waals surface area contributed by atoms with Crippen LogP contribution >= 0.6 is 11.8 Å². The molecule has 2 rings (SSSR count). The van der Waals surface area contributed by atoms with Gasteiger partial charge in [-0.15, -0.1) is 0 Å². The zero-order chi connectivity index (χ0) is 21.1. The first kappa shape index (κ1) is 21.2. The second-order valence-corrected chi connectivity index (χ2v) is 8.33. The van der Waals surface area contributed by atoms with Gasteiger partial charge in [0, 0.05) is 16.7 Å². The Labute approximate surface area is 167 Å². The van der Waals surface area contributed by atoms with E-state index in [0.29, 0.717) is 11.3 Å². The van der Waals surface area contributed by atoms with Gasteiger partial charge >= 0.3 is 0 Å². The molecule has 1 heterocycles. The number of carbonyl (C=O) groups is 3. The fraction of sp³-hybridized carbons (Fsp3) is 0.350. The average molecular weight is 396 g/mol. The van der Waals surface area contributed by atoms with E-state index in [2.05, 4.69) is 16.7 Å². The third-order valence-corrected chi connectivity index (χ3v) is 5.64. The van der Waals surface area contributed by atoms with Crippen LogP contribution in [0.25, 0.3) is 0 Å². The van der Waals surface area contributed by atoms with Gasteiger partial charge in [-0.3, -0.25) is 14.4 Å². The van der Waals surface area contributed by atoms with Gasteiger partial charge in [0.1, 0.15) is 5.92 Å². The maximum absolute atomic E-state index is 12.5. The summed E-state index contributed by atoms with van der Waals surface area (Å²) in [6, 6.07) is 10.6. The van der Waals surface area contributed by atoms with Crippen molar-refractivity contribution in [3.63, 3.8) is 0 Å². The second-order valence-electron chi connectivity index (χ2n) is 6.98. The molecule has 0 unspecified atom stereocenters. The lowest BCUT2D eigenvalue weighted by Gasteiger charge is -2.35. The molecule has 0 fully saturated rings. The Kier molecular flexibility index (Phi) is 6.27. The van der Waals surface area contributed by atoms with E-state index >= 15 is 0 Å². The van der Waals surface area contributed by atoms with Crippen molar-refractivity contribution >= 4 is 35.0 Å². The number of nitrogens with one attached hydrogen (secondary N) is 2. The molecule has 1 aliphatic rings. The van der Waals surface area contributed by atoms with E-state index in [0.717, 1.165) is 11.8 Å². The zero-order valence-corrected chi connectivity index (χ0v) is 16.8. The van der Waals surface area contributed by atoms with Crippen LogP contribution < -0.4 is 10.6 Å². The Balaban J connectivity index is 2.21. The summed E-state index contributed by atoms with van der Waals surface area (Å²) in [5, 5.41) is 23.8. The number of rotatable bonds is 5. The molecule has 0 radical (unpaired) electrons. The van der Waals surface area contributed by atoms with Gasteiger partial charge in [-0.05, 0) is 26.0 Å². The number of nitriles is 2. The molecule has 0 bridgehead atoms. The molecular formula is C20H20N4O3S. The second kappa shape index (κ2) is 8.28. The molecule has 0 aromatic heterocycles. The van der Waals surface area contributed by atoms with E-state index in [4.69, 9.17) is 0 Å². The minimum absolute atomic E-state index is 0.110. The number of thioether (sulfide) groups is 1. The van der Waals surface area contributed by atoms with E-state index in [1.807, 2.05) is 6.07 Å². The molecule has 1 aliphatic heterocycles. The largest absolute Gasteiger partial charge is 0.325 e. The number of hydrogen-bond donors (Lipinski definition) is 2. The van der Waals surface area contributed by atoms with Gasteiger partial charge in [-0.2, -0.15) is 10.5 Å². The standard InChI is InChI=1S/C20H20N4O3S/c1-11(25)13-6-5-7-14(8-13)23-17(26)12(2)28-19-16(10-22)20(3,4)15(9-21)18(27)24-19/h5-8,12,15H,1-4H3,(H,23,26)(H,24,27)/t12-,15-/m0/s1. The first-order valence-corrected chi connectivity index (χ1v) is 9.43. The van der Waals surface area contributed by atoms with Crippen LogP contribution in [0.3, 0.4) is 0 Å². The Hall–Kier alpha value is -3.10. The monoisotopic (exact) mass is 396 g/mol. The molecule has 8 heteroatoms. The number of nitrogens with zero attached hydrogens (tertiary/aromatic N) is 2. The van der Waals surface area contributed by atoms with Crippen LogP contribution in [0.4, 0.5) is 5.69 Å². The molecule has 7 nitrogen and oxygen atoms in total. The van der Waals surface area contributed by atoms with Gasteiger partial charge in [-0.1, -0.05) is 37.7 Å². The molecular weight excluding hydrogens is 376 g/mol. The highest BCUT2D eigenvalue weighted by Gasteiger charge is 2.45. The van der Waals surface area contributed by atoms with E-state index in [1.54, 1.807) is 45.0 Å². The van der Waals surface area contributed by atoms with Crippen LogP contribution in [0.1, 0.15) is 38.1 Å². The van der Waals surface area contributed by atoms with E-state index < -0.39 is 22.5 Å². The van der Waals surface area contributed by atoms with Gasteiger partial charge in [0.15, 0.2) is 5.78 Å². The minimum atomic E-state index is -0.982. The average Bonchev–Trinajstić information content (AvgIpc) is 2.61. The van der Waals surface area contributed by atoms with Crippen molar-refractivity contribution in [3.05, 3.63) is 40.4 Å². The maximum Gasteiger partial charge on any atom is 0.243 e. The van der Waals surface area contributed by atoms with Crippen molar-refractivity contribution in [1.29, 1.82) is 10.5 Å². The van der Waals surface area contributed by atoms with Crippen LogP contribution in [0, 0.1) is 34.0 Å². The molecule has 2 N–H and O–H groups in total. The summed E-state index contributed by atoms with van der Waals surface area (Å²) >= 11 is 1.05. The van der Waals surface area contributed by atoms with Crippen LogP contribution in [-0.4, -0.2) is 22.8 Å². The molecule has 0 spiro atoms. The summed E-state index contributed by atoms with van der Waals surface area (Å²) in [5.41, 5.74) is 0.274. The van der Waals surface area contributed by atoms with Gasteiger partial charge in [-0.25, -0.2) is 0 Å². The first-order valence-electron chi connectivity index (χ1n) is 8.55. The lowest BCUT2D eigenvalue weighted by atomic mass is 9.72. The van der Waals surface area contributed by atoms with Crippen LogP contribution in [0.5, 0.6) is 0 Å². The number of allylic oxidation sites excluding steroid dienone is 1. The molecule has 1 aromatic carbocycles. The topological polar surface area (TPSA) is 123 Å². The van der Waals surface area contributed by atoms with Crippen molar-refractivity contribution in [2.75, 3.05) is 5.32 Å². The predicted octanol–water partition coefficient (Wildman–Crippen LogP) is 2.98. The highest BCUT2D eigenvalue weighted by Crippen LogP contribution is 2.42. The van der Waals surface area contributed by atoms with Gasteiger partial charge in [0.05, 0.1) is 28.0 Å². The normalized spacial score (nSPS) is 19.1. The quantitative estimate of drug-likeness (QED) is 0.738. The number of ketones is 1.